The van der Waals surface area contributed by atoms with E-state index in [-0.39, 0.29) is 30.1 Å². The summed E-state index contributed by atoms with van der Waals surface area (Å²) in [6.07, 6.45) is 1.91. The highest BCUT2D eigenvalue weighted by Crippen LogP contribution is 2.21. The minimum atomic E-state index is 0. The number of ether oxygens (including phenoxy) is 1. The second kappa shape index (κ2) is 12.4. The van der Waals surface area contributed by atoms with Crippen LogP contribution in [0, 0.1) is 13.8 Å². The summed E-state index contributed by atoms with van der Waals surface area (Å²) in [6.45, 7) is 10.3. The molecule has 0 aliphatic rings. The first-order valence-corrected chi connectivity index (χ1v) is 10.2. The zero-order valence-corrected chi connectivity index (χ0v) is 20.8. The molecule has 2 aromatic rings. The maximum Gasteiger partial charge on any atom is 0.194 e. The van der Waals surface area contributed by atoms with E-state index >= 15 is 0 Å². The molecule has 2 aromatic heterocycles. The van der Waals surface area contributed by atoms with Crippen LogP contribution in [0.5, 0.6) is 0 Å². The molecule has 0 radical (unpaired) electrons. The molecule has 1 atom stereocenters. The van der Waals surface area contributed by atoms with Crippen LogP contribution in [0.3, 0.4) is 0 Å². The lowest BCUT2D eigenvalue weighted by atomic mass is 10.1. The second-order valence-corrected chi connectivity index (χ2v) is 7.44. The van der Waals surface area contributed by atoms with Gasteiger partial charge in [-0.1, -0.05) is 5.16 Å². The van der Waals surface area contributed by atoms with E-state index in [0.29, 0.717) is 6.54 Å². The number of thiazole rings is 1. The van der Waals surface area contributed by atoms with Gasteiger partial charge in [0.25, 0.3) is 0 Å². The maximum atomic E-state index is 5.34. The number of aliphatic imine (C=N–C) groups is 1. The van der Waals surface area contributed by atoms with Gasteiger partial charge in [0, 0.05) is 38.2 Å². The molecule has 0 saturated heterocycles. The standard InChI is InChI=1S/C19H31N5O2S.HI/c1-7-20-19(21-10-8-9-17-13(2)23-26-14(17)3)24(5)11-16-12-27-18(22-16)15(4)25-6;/h12,15H,7-11H2,1-6H3,(H,20,21);1H. The van der Waals surface area contributed by atoms with Crippen molar-refractivity contribution >= 4 is 41.3 Å². The van der Waals surface area contributed by atoms with E-state index < -0.39 is 0 Å². The number of rotatable bonds is 9. The zero-order valence-electron chi connectivity index (χ0n) is 17.6. The Kier molecular flexibility index (Phi) is 11.0. The third-order valence-electron chi connectivity index (χ3n) is 4.39. The number of methoxy groups -OCH3 is 1. The van der Waals surface area contributed by atoms with E-state index in [1.54, 1.807) is 18.4 Å². The van der Waals surface area contributed by atoms with Crippen LogP contribution in [0.4, 0.5) is 0 Å². The van der Waals surface area contributed by atoms with Crippen molar-refractivity contribution in [1.29, 1.82) is 0 Å². The Morgan fingerprint density at radius 1 is 1.43 bits per heavy atom. The van der Waals surface area contributed by atoms with E-state index in [1.165, 1.54) is 5.56 Å². The molecule has 2 heterocycles. The molecule has 9 heteroatoms. The number of hydrogen-bond donors (Lipinski definition) is 1. The molecule has 0 aromatic carbocycles. The van der Waals surface area contributed by atoms with Crippen molar-refractivity contribution in [1.82, 2.24) is 20.4 Å². The molecule has 0 amide bonds. The molecule has 1 unspecified atom stereocenters. The minimum Gasteiger partial charge on any atom is -0.375 e. The van der Waals surface area contributed by atoms with Crippen molar-refractivity contribution in [2.24, 2.45) is 4.99 Å². The fourth-order valence-electron chi connectivity index (χ4n) is 2.77. The number of guanidine groups is 1. The highest BCUT2D eigenvalue weighted by Gasteiger charge is 2.13. The Balaban J connectivity index is 0.00000392. The SMILES string of the molecule is CCNC(=NCCCc1c(C)noc1C)N(C)Cc1csc(C(C)OC)n1.I. The Labute approximate surface area is 189 Å². The number of aromatic nitrogens is 2. The predicted molar refractivity (Wildman–Crippen MR) is 125 cm³/mol. The van der Waals surface area contributed by atoms with Crippen LogP contribution in [-0.2, 0) is 17.7 Å². The third-order valence-corrected chi connectivity index (χ3v) is 5.45. The number of hydrogen-bond acceptors (Lipinski definition) is 6. The molecule has 0 saturated carbocycles. The molecule has 2 rings (SSSR count). The lowest BCUT2D eigenvalue weighted by molar-refractivity contribution is 0.119. The van der Waals surface area contributed by atoms with Gasteiger partial charge >= 0.3 is 0 Å². The van der Waals surface area contributed by atoms with E-state index in [0.717, 1.165) is 54.0 Å². The largest absolute Gasteiger partial charge is 0.375 e. The summed E-state index contributed by atoms with van der Waals surface area (Å²) in [6, 6.07) is 0. The molecular formula is C19H32IN5O2S. The highest BCUT2D eigenvalue weighted by molar-refractivity contribution is 14.0. The molecule has 0 bridgehead atoms. The molecule has 0 aliphatic heterocycles. The Hall–Kier alpha value is -1.20. The average Bonchev–Trinajstić information content (AvgIpc) is 3.24. The smallest absolute Gasteiger partial charge is 0.194 e. The van der Waals surface area contributed by atoms with E-state index in [4.69, 9.17) is 14.3 Å². The van der Waals surface area contributed by atoms with Crippen LogP contribution in [0.25, 0.3) is 0 Å². The predicted octanol–water partition coefficient (Wildman–Crippen LogP) is 4.10. The van der Waals surface area contributed by atoms with Crippen LogP contribution in [0.15, 0.2) is 14.9 Å². The van der Waals surface area contributed by atoms with E-state index in [2.05, 4.69) is 32.7 Å². The Morgan fingerprint density at radius 3 is 2.79 bits per heavy atom. The van der Waals surface area contributed by atoms with Gasteiger partial charge in [0.2, 0.25) is 0 Å². The van der Waals surface area contributed by atoms with Crippen molar-refractivity contribution in [3.63, 3.8) is 0 Å². The summed E-state index contributed by atoms with van der Waals surface area (Å²) in [7, 11) is 3.74. The summed E-state index contributed by atoms with van der Waals surface area (Å²) >= 11 is 1.63. The monoisotopic (exact) mass is 521 g/mol. The van der Waals surface area contributed by atoms with Gasteiger partial charge in [-0.2, -0.15) is 0 Å². The van der Waals surface area contributed by atoms with E-state index in [9.17, 15) is 0 Å². The summed E-state index contributed by atoms with van der Waals surface area (Å²) < 4.78 is 10.6. The summed E-state index contributed by atoms with van der Waals surface area (Å²) in [5, 5.41) is 10.5. The van der Waals surface area contributed by atoms with Gasteiger partial charge in [-0.3, -0.25) is 4.99 Å². The fraction of sp³-hybridized carbons (Fsp3) is 0.632. The zero-order chi connectivity index (χ0) is 19.8. The van der Waals surface area contributed by atoms with Crippen LogP contribution in [0.1, 0.15) is 54.1 Å². The fourth-order valence-corrected chi connectivity index (χ4v) is 3.61. The number of halogens is 1. The van der Waals surface area contributed by atoms with Gasteiger partial charge in [0.1, 0.15) is 16.9 Å². The van der Waals surface area contributed by atoms with Crippen molar-refractivity contribution in [3.05, 3.63) is 33.1 Å². The van der Waals surface area contributed by atoms with Crippen molar-refractivity contribution in [3.8, 4) is 0 Å². The number of nitrogens with zero attached hydrogens (tertiary/aromatic N) is 4. The molecular weight excluding hydrogens is 489 g/mol. The molecule has 1 N–H and O–H groups in total. The number of aryl methyl sites for hydroxylation is 2. The van der Waals surface area contributed by atoms with Gasteiger partial charge in [0.05, 0.1) is 17.9 Å². The molecule has 0 spiro atoms. The molecule has 7 nitrogen and oxygen atoms in total. The Bertz CT molecular complexity index is 727. The topological polar surface area (TPSA) is 75.8 Å². The lowest BCUT2D eigenvalue weighted by Crippen LogP contribution is -2.38. The minimum absolute atomic E-state index is 0. The van der Waals surface area contributed by atoms with E-state index in [1.807, 2.05) is 27.8 Å². The van der Waals surface area contributed by atoms with Crippen LogP contribution >= 0.6 is 35.3 Å². The van der Waals surface area contributed by atoms with Gasteiger partial charge < -0.3 is 19.5 Å². The van der Waals surface area contributed by atoms with Crippen LogP contribution < -0.4 is 5.32 Å². The third kappa shape index (κ3) is 7.00. The van der Waals surface area contributed by atoms with Crippen LogP contribution in [-0.4, -0.2) is 48.2 Å². The number of nitrogens with one attached hydrogen (secondary N) is 1. The van der Waals surface area contributed by atoms with Crippen molar-refractivity contribution < 1.29 is 9.26 Å². The quantitative estimate of drug-likeness (QED) is 0.232. The average molecular weight is 521 g/mol. The first-order valence-electron chi connectivity index (χ1n) is 9.34. The highest BCUT2D eigenvalue weighted by atomic mass is 127. The van der Waals surface area contributed by atoms with Gasteiger partial charge in [-0.05, 0) is 40.5 Å². The molecule has 0 fully saturated rings. The normalized spacial score (nSPS) is 12.6. The summed E-state index contributed by atoms with van der Waals surface area (Å²) in [5.41, 5.74) is 3.21. The van der Waals surface area contributed by atoms with Gasteiger partial charge in [-0.15, -0.1) is 35.3 Å². The second-order valence-electron chi connectivity index (χ2n) is 6.55. The first kappa shape index (κ1) is 24.8. The summed E-state index contributed by atoms with van der Waals surface area (Å²) in [5.74, 6) is 1.80. The van der Waals surface area contributed by atoms with Gasteiger partial charge in [0.15, 0.2) is 5.96 Å². The molecule has 0 aliphatic carbocycles. The lowest BCUT2D eigenvalue weighted by Gasteiger charge is -2.21. The summed E-state index contributed by atoms with van der Waals surface area (Å²) in [4.78, 5) is 11.5. The molecule has 158 valence electrons. The van der Waals surface area contributed by atoms with Crippen molar-refractivity contribution in [2.45, 2.75) is 53.2 Å². The molecule has 28 heavy (non-hydrogen) atoms. The van der Waals surface area contributed by atoms with Gasteiger partial charge in [-0.25, -0.2) is 4.98 Å². The van der Waals surface area contributed by atoms with Crippen molar-refractivity contribution in [2.75, 3.05) is 27.2 Å². The van der Waals surface area contributed by atoms with Crippen LogP contribution in [0.2, 0.25) is 0 Å². The first-order chi connectivity index (χ1) is 13.0. The Morgan fingerprint density at radius 2 is 2.18 bits per heavy atom. The maximum absolute atomic E-state index is 5.34.